The number of carboxylic acid groups (broad SMARTS) is 1. The molecule has 0 saturated heterocycles. The van der Waals surface area contributed by atoms with Crippen LogP contribution in [-0.4, -0.2) is 37.3 Å². The highest BCUT2D eigenvalue weighted by molar-refractivity contribution is 5.74. The molecule has 0 radical (unpaired) electrons. The second kappa shape index (κ2) is 2.79. The molecule has 0 aromatic heterocycles. The maximum atomic E-state index is 10.6. The molecule has 0 spiro atoms. The van der Waals surface area contributed by atoms with Gasteiger partial charge in [-0.25, -0.2) is 0 Å². The lowest BCUT2D eigenvalue weighted by molar-refractivity contribution is -0.916. The van der Waals surface area contributed by atoms with Crippen molar-refractivity contribution in [1.29, 1.82) is 0 Å². The predicted molar refractivity (Wildman–Crippen MR) is 40.2 cm³/mol. The third-order valence-electron chi connectivity index (χ3n) is 2.09. The Morgan fingerprint density at radius 1 is 1.55 bits per heavy atom. The molecule has 11 heavy (non-hydrogen) atoms. The summed E-state index contributed by atoms with van der Waals surface area (Å²) in [4.78, 5) is 10.6. The molecule has 0 rings (SSSR count). The summed E-state index contributed by atoms with van der Waals surface area (Å²) < 4.78 is 0.172. The fraction of sp³-hybridized carbons (Fsp3) is 0.857. The zero-order chi connectivity index (χ0) is 9.28. The van der Waals surface area contributed by atoms with Crippen molar-refractivity contribution in [3.05, 3.63) is 0 Å². The number of nitrogens with zero attached hydrogens (tertiary/aromatic N) is 1. The van der Waals surface area contributed by atoms with E-state index in [0.717, 1.165) is 0 Å². The number of likely N-dealkylation sites (N-methyl/N-ethyl adjacent to an activating group) is 1. The maximum Gasteiger partial charge on any atom is 0.190 e. The zero-order valence-electron chi connectivity index (χ0n) is 7.55. The molecule has 0 aliphatic carbocycles. The van der Waals surface area contributed by atoms with Crippen LogP contribution in [-0.2, 0) is 4.79 Å². The van der Waals surface area contributed by atoms with Crippen LogP contribution in [0.1, 0.15) is 13.3 Å². The Balaban J connectivity index is 4.75. The number of hydrogen-bond donors (Lipinski definition) is 1. The van der Waals surface area contributed by atoms with Crippen LogP contribution in [0.15, 0.2) is 0 Å². The highest BCUT2D eigenvalue weighted by Gasteiger charge is 2.38. The molecule has 4 heteroatoms. The second-order valence-electron chi connectivity index (χ2n) is 3.58. The van der Waals surface area contributed by atoms with Crippen molar-refractivity contribution in [3.63, 3.8) is 0 Å². The van der Waals surface area contributed by atoms with Crippen LogP contribution in [0.25, 0.3) is 0 Å². The Labute approximate surface area is 67.2 Å². The molecule has 0 amide bonds. The highest BCUT2D eigenvalue weighted by atomic mass is 16.4. The summed E-state index contributed by atoms with van der Waals surface area (Å²) in [7, 11) is 5.21. The van der Waals surface area contributed by atoms with Crippen LogP contribution in [0.4, 0.5) is 0 Å². The lowest BCUT2D eigenvalue weighted by atomic mass is 10.1. The first kappa shape index (κ1) is 10.4. The van der Waals surface area contributed by atoms with Crippen LogP contribution in [0.2, 0.25) is 0 Å². The Morgan fingerprint density at radius 3 is 1.91 bits per heavy atom. The molecule has 0 aromatic carbocycles. The van der Waals surface area contributed by atoms with Gasteiger partial charge in [0.05, 0.1) is 21.1 Å². The van der Waals surface area contributed by atoms with Gasteiger partial charge in [-0.05, 0) is 0 Å². The molecular weight excluding hydrogens is 144 g/mol. The van der Waals surface area contributed by atoms with Crippen molar-refractivity contribution < 1.29 is 14.4 Å². The van der Waals surface area contributed by atoms with Crippen LogP contribution in [0.3, 0.4) is 0 Å². The Hall–Kier alpha value is -0.610. The van der Waals surface area contributed by atoms with Crippen molar-refractivity contribution in [2.75, 3.05) is 21.1 Å². The van der Waals surface area contributed by atoms with E-state index in [1.165, 1.54) is 0 Å². The molecule has 0 heterocycles. The van der Waals surface area contributed by atoms with Crippen molar-refractivity contribution >= 4 is 5.97 Å². The number of rotatable bonds is 3. The molecule has 0 aliphatic rings. The van der Waals surface area contributed by atoms with Crippen LogP contribution in [0, 0.1) is 0 Å². The summed E-state index contributed by atoms with van der Waals surface area (Å²) in [5, 5.41) is 10.6. The van der Waals surface area contributed by atoms with Gasteiger partial charge in [-0.1, -0.05) is 6.92 Å². The molecule has 2 N–H and O–H groups in total. The molecule has 4 nitrogen and oxygen atoms in total. The Kier molecular flexibility index (Phi) is 2.64. The minimum atomic E-state index is -1.28. The van der Waals surface area contributed by atoms with Gasteiger partial charge in [-0.15, -0.1) is 0 Å². The van der Waals surface area contributed by atoms with E-state index in [1.54, 1.807) is 28.1 Å². The van der Waals surface area contributed by atoms with E-state index in [-0.39, 0.29) is 4.48 Å². The van der Waals surface area contributed by atoms with Crippen molar-refractivity contribution in [1.82, 2.24) is 0 Å². The second-order valence-corrected chi connectivity index (χ2v) is 3.58. The highest BCUT2D eigenvalue weighted by Crippen LogP contribution is 2.14. The summed E-state index contributed by atoms with van der Waals surface area (Å²) in [5.74, 6) is -1.20. The first-order chi connectivity index (χ1) is 4.75. The monoisotopic (exact) mass is 160 g/mol. The van der Waals surface area contributed by atoms with E-state index >= 15 is 0 Å². The van der Waals surface area contributed by atoms with Gasteiger partial charge in [-0.2, -0.15) is 0 Å². The third kappa shape index (κ3) is 1.70. The Morgan fingerprint density at radius 2 is 1.91 bits per heavy atom. The van der Waals surface area contributed by atoms with Crippen LogP contribution < -0.4 is 10.8 Å². The lowest BCUT2D eigenvalue weighted by Gasteiger charge is -2.43. The van der Waals surface area contributed by atoms with Crippen LogP contribution in [0.5, 0.6) is 0 Å². The van der Waals surface area contributed by atoms with E-state index < -0.39 is 11.6 Å². The number of quaternary nitrogens is 1. The molecule has 1 unspecified atom stereocenters. The average Bonchev–Trinajstić information content (AvgIpc) is 1.83. The molecule has 0 saturated carbocycles. The summed E-state index contributed by atoms with van der Waals surface area (Å²) >= 11 is 0. The maximum absolute atomic E-state index is 10.6. The zero-order valence-corrected chi connectivity index (χ0v) is 7.55. The molecule has 1 atom stereocenters. The van der Waals surface area contributed by atoms with Gasteiger partial charge in [0.25, 0.3) is 0 Å². The lowest BCUT2D eigenvalue weighted by Crippen LogP contribution is -2.71. The molecule has 0 aromatic rings. The van der Waals surface area contributed by atoms with Crippen molar-refractivity contribution in [2.24, 2.45) is 5.73 Å². The average molecular weight is 160 g/mol. The minimum absolute atomic E-state index is 0.172. The van der Waals surface area contributed by atoms with Gasteiger partial charge in [0.2, 0.25) is 0 Å². The normalized spacial score (nSPS) is 17.5. The van der Waals surface area contributed by atoms with Gasteiger partial charge >= 0.3 is 0 Å². The SMILES string of the molecule is CCC(N)(C(=O)[O-])[N+](C)(C)C. The molecule has 66 valence electrons. The van der Waals surface area contributed by atoms with Gasteiger partial charge in [0.1, 0.15) is 5.97 Å². The molecule has 0 bridgehead atoms. The summed E-state index contributed by atoms with van der Waals surface area (Å²) in [6.07, 6.45) is 0.360. The van der Waals surface area contributed by atoms with Crippen molar-refractivity contribution in [3.8, 4) is 0 Å². The molecule has 0 fully saturated rings. The fourth-order valence-corrected chi connectivity index (χ4v) is 0.893. The quantitative estimate of drug-likeness (QED) is 0.404. The van der Waals surface area contributed by atoms with E-state index in [1.807, 2.05) is 0 Å². The van der Waals surface area contributed by atoms with Gasteiger partial charge in [-0.3, -0.25) is 5.73 Å². The number of carboxylic acids is 1. The number of carbonyl (C=O) groups is 1. The molecular formula is C7H16N2O2. The summed E-state index contributed by atoms with van der Waals surface area (Å²) in [6, 6.07) is 0. The number of nitrogens with two attached hydrogens (primary N) is 1. The first-order valence-electron chi connectivity index (χ1n) is 3.57. The minimum Gasteiger partial charge on any atom is -0.543 e. The summed E-state index contributed by atoms with van der Waals surface area (Å²) in [5.41, 5.74) is 4.35. The van der Waals surface area contributed by atoms with E-state index in [2.05, 4.69) is 0 Å². The van der Waals surface area contributed by atoms with Gasteiger partial charge in [0, 0.05) is 6.42 Å². The van der Waals surface area contributed by atoms with E-state index in [4.69, 9.17) is 5.73 Å². The number of carbonyl (C=O) groups excluding carboxylic acids is 1. The van der Waals surface area contributed by atoms with Gasteiger partial charge in [0.15, 0.2) is 5.66 Å². The smallest absolute Gasteiger partial charge is 0.190 e. The van der Waals surface area contributed by atoms with Crippen LogP contribution >= 0.6 is 0 Å². The topological polar surface area (TPSA) is 66.2 Å². The largest absolute Gasteiger partial charge is 0.543 e. The fourth-order valence-electron chi connectivity index (χ4n) is 0.893. The third-order valence-corrected chi connectivity index (χ3v) is 2.09. The Bertz CT molecular complexity index is 162. The number of aliphatic carboxylic acids is 1. The van der Waals surface area contributed by atoms with Crippen molar-refractivity contribution in [2.45, 2.75) is 19.0 Å². The van der Waals surface area contributed by atoms with E-state index in [0.29, 0.717) is 6.42 Å². The predicted octanol–water partition coefficient (Wildman–Crippen LogP) is -1.49. The van der Waals surface area contributed by atoms with Gasteiger partial charge < -0.3 is 14.4 Å². The number of hydrogen-bond acceptors (Lipinski definition) is 3. The molecule has 0 aliphatic heterocycles. The van der Waals surface area contributed by atoms with E-state index in [9.17, 15) is 9.90 Å². The standard InChI is InChI=1S/C7H16N2O2/c1-5-7(8,6(10)11)9(2,3)4/h5,8H2,1-4H3. The first-order valence-corrected chi connectivity index (χ1v) is 3.57. The summed E-state index contributed by atoms with van der Waals surface area (Å²) in [6.45, 7) is 1.74.